The van der Waals surface area contributed by atoms with Crippen LogP contribution in [0.15, 0.2) is 29.2 Å². The van der Waals surface area contributed by atoms with Gasteiger partial charge in [0.15, 0.2) is 0 Å². The third-order valence-electron chi connectivity index (χ3n) is 4.25. The van der Waals surface area contributed by atoms with Gasteiger partial charge in [0.05, 0.1) is 12.9 Å². The van der Waals surface area contributed by atoms with Crippen molar-refractivity contribution in [1.82, 2.24) is 10.6 Å². The highest BCUT2D eigenvalue weighted by atomic mass is 35.5. The minimum absolute atomic E-state index is 0. The number of halogens is 1. The average Bonchev–Trinajstić information content (AvgIpc) is 2.84. The lowest BCUT2D eigenvalue weighted by Crippen LogP contribution is -2.48. The van der Waals surface area contributed by atoms with Crippen LogP contribution in [0.5, 0.6) is 5.75 Å². The SMILES string of the molecule is COc1cccc(SCC(=O)NC2CC3CCC(C2)N3)c1.Cl. The second-order valence-corrected chi connectivity index (χ2v) is 6.89. The van der Waals surface area contributed by atoms with Crippen LogP contribution in [-0.4, -0.2) is 36.9 Å². The lowest BCUT2D eigenvalue weighted by molar-refractivity contribution is -0.119. The maximum absolute atomic E-state index is 12.1. The average molecular weight is 343 g/mol. The molecule has 4 nitrogen and oxygen atoms in total. The maximum Gasteiger partial charge on any atom is 0.230 e. The zero-order valence-corrected chi connectivity index (χ0v) is 14.3. The quantitative estimate of drug-likeness (QED) is 0.808. The maximum atomic E-state index is 12.1. The number of hydrogen-bond donors (Lipinski definition) is 2. The molecule has 22 heavy (non-hydrogen) atoms. The highest BCUT2D eigenvalue weighted by Crippen LogP contribution is 2.27. The van der Waals surface area contributed by atoms with Gasteiger partial charge in [-0.25, -0.2) is 0 Å². The number of nitrogens with one attached hydrogen (secondary N) is 2. The Morgan fingerprint density at radius 2 is 2.09 bits per heavy atom. The highest BCUT2D eigenvalue weighted by molar-refractivity contribution is 8.00. The number of piperidine rings is 1. The molecule has 122 valence electrons. The van der Waals surface area contributed by atoms with Crippen LogP contribution in [0.2, 0.25) is 0 Å². The van der Waals surface area contributed by atoms with Crippen molar-refractivity contribution in [3.05, 3.63) is 24.3 Å². The number of hydrogen-bond acceptors (Lipinski definition) is 4. The molecule has 6 heteroatoms. The Balaban J connectivity index is 0.00000176. The van der Waals surface area contributed by atoms with E-state index in [0.29, 0.717) is 23.9 Å². The summed E-state index contributed by atoms with van der Waals surface area (Å²) in [6.07, 6.45) is 4.67. The van der Waals surface area contributed by atoms with Crippen LogP contribution < -0.4 is 15.4 Å². The summed E-state index contributed by atoms with van der Waals surface area (Å²) in [7, 11) is 1.65. The van der Waals surface area contributed by atoms with Crippen LogP contribution in [0, 0.1) is 0 Å². The van der Waals surface area contributed by atoms with Gasteiger partial charge < -0.3 is 15.4 Å². The normalized spacial score (nSPS) is 26.1. The third kappa shape index (κ3) is 4.54. The summed E-state index contributed by atoms with van der Waals surface area (Å²) >= 11 is 1.56. The van der Waals surface area contributed by atoms with Crippen LogP contribution in [0.1, 0.15) is 25.7 Å². The standard InChI is InChI=1S/C16H22N2O2S.ClH/c1-20-14-3-2-4-15(9-14)21-10-16(19)18-13-7-11-5-6-12(8-13)17-11;/h2-4,9,11-13,17H,5-8,10H2,1H3,(H,18,19);1H. The van der Waals surface area contributed by atoms with Crippen LogP contribution in [0.3, 0.4) is 0 Å². The fraction of sp³-hybridized carbons (Fsp3) is 0.562. The van der Waals surface area contributed by atoms with Crippen molar-refractivity contribution in [3.8, 4) is 5.75 Å². The Bertz CT molecular complexity index is 503. The first-order valence-corrected chi connectivity index (χ1v) is 8.54. The molecule has 0 aromatic heterocycles. The first kappa shape index (κ1) is 17.4. The van der Waals surface area contributed by atoms with Gasteiger partial charge in [-0.2, -0.15) is 0 Å². The summed E-state index contributed by atoms with van der Waals surface area (Å²) in [6.45, 7) is 0. The van der Waals surface area contributed by atoms with Crippen molar-refractivity contribution in [3.63, 3.8) is 0 Å². The molecule has 0 saturated carbocycles. The Hall–Kier alpha value is -0.910. The summed E-state index contributed by atoms with van der Waals surface area (Å²) in [5.74, 6) is 1.43. The largest absolute Gasteiger partial charge is 0.497 e. The third-order valence-corrected chi connectivity index (χ3v) is 5.24. The number of carbonyl (C=O) groups is 1. The molecule has 1 aromatic carbocycles. The van der Waals surface area contributed by atoms with Crippen molar-refractivity contribution in [2.24, 2.45) is 0 Å². The molecule has 2 N–H and O–H groups in total. The van der Waals surface area contributed by atoms with Gasteiger partial charge in [-0.1, -0.05) is 6.07 Å². The molecular weight excluding hydrogens is 320 g/mol. The lowest BCUT2D eigenvalue weighted by Gasteiger charge is -2.29. The zero-order chi connectivity index (χ0) is 14.7. The Kier molecular flexibility index (Phi) is 6.41. The number of rotatable bonds is 5. The fourth-order valence-corrected chi connectivity index (χ4v) is 4.04. The van der Waals surface area contributed by atoms with Gasteiger partial charge in [-0.3, -0.25) is 4.79 Å². The van der Waals surface area contributed by atoms with Crippen LogP contribution in [-0.2, 0) is 4.79 Å². The molecule has 0 radical (unpaired) electrons. The highest BCUT2D eigenvalue weighted by Gasteiger charge is 2.33. The van der Waals surface area contributed by atoms with Gasteiger partial charge in [0.2, 0.25) is 5.91 Å². The van der Waals surface area contributed by atoms with E-state index in [1.165, 1.54) is 12.8 Å². The van der Waals surface area contributed by atoms with Gasteiger partial charge >= 0.3 is 0 Å². The summed E-state index contributed by atoms with van der Waals surface area (Å²) in [5.41, 5.74) is 0. The van der Waals surface area contributed by atoms with E-state index in [2.05, 4.69) is 10.6 Å². The van der Waals surface area contributed by atoms with E-state index in [4.69, 9.17) is 4.74 Å². The van der Waals surface area contributed by atoms with Crippen LogP contribution in [0.4, 0.5) is 0 Å². The Morgan fingerprint density at radius 1 is 1.36 bits per heavy atom. The van der Waals surface area contributed by atoms with Gasteiger partial charge in [0.1, 0.15) is 5.75 Å². The number of ether oxygens (including phenoxy) is 1. The molecule has 2 aliphatic rings. The van der Waals surface area contributed by atoms with Crippen LogP contribution in [0.25, 0.3) is 0 Å². The van der Waals surface area contributed by atoms with E-state index in [0.717, 1.165) is 23.5 Å². The summed E-state index contributed by atoms with van der Waals surface area (Å²) in [4.78, 5) is 13.2. The van der Waals surface area contributed by atoms with Gasteiger partial charge in [-0.15, -0.1) is 24.2 Å². The minimum atomic E-state index is 0. The first-order chi connectivity index (χ1) is 10.2. The zero-order valence-electron chi connectivity index (χ0n) is 12.7. The van der Waals surface area contributed by atoms with E-state index < -0.39 is 0 Å². The van der Waals surface area contributed by atoms with E-state index in [9.17, 15) is 4.79 Å². The van der Waals surface area contributed by atoms with E-state index in [1.54, 1.807) is 18.9 Å². The number of carbonyl (C=O) groups excluding carboxylic acids is 1. The summed E-state index contributed by atoms with van der Waals surface area (Å²) < 4.78 is 5.19. The van der Waals surface area contributed by atoms with E-state index in [1.807, 2.05) is 24.3 Å². The van der Waals surface area contributed by atoms with Gasteiger partial charge in [-0.05, 0) is 43.9 Å². The second-order valence-electron chi connectivity index (χ2n) is 5.84. The summed E-state index contributed by atoms with van der Waals surface area (Å²) in [5, 5.41) is 6.78. The summed E-state index contributed by atoms with van der Waals surface area (Å²) in [6, 6.07) is 9.40. The second kappa shape index (κ2) is 8.09. The van der Waals surface area contributed by atoms with Crippen molar-refractivity contribution in [1.29, 1.82) is 0 Å². The van der Waals surface area contributed by atoms with E-state index in [-0.39, 0.29) is 18.3 Å². The van der Waals surface area contributed by atoms with Gasteiger partial charge in [0.25, 0.3) is 0 Å². The van der Waals surface area contributed by atoms with Gasteiger partial charge in [0, 0.05) is 23.0 Å². The molecule has 2 saturated heterocycles. The van der Waals surface area contributed by atoms with Crippen molar-refractivity contribution < 1.29 is 9.53 Å². The minimum Gasteiger partial charge on any atom is -0.497 e. The molecule has 2 unspecified atom stereocenters. The fourth-order valence-electron chi connectivity index (χ4n) is 3.28. The monoisotopic (exact) mass is 342 g/mol. The molecule has 2 atom stereocenters. The van der Waals surface area contributed by atoms with Crippen molar-refractivity contribution in [2.45, 2.75) is 48.7 Å². The number of fused-ring (bicyclic) bond motifs is 2. The molecule has 0 spiro atoms. The lowest BCUT2D eigenvalue weighted by atomic mass is 10.00. The number of methoxy groups -OCH3 is 1. The molecule has 0 aliphatic carbocycles. The molecule has 1 aromatic rings. The molecular formula is C16H23ClN2O2S. The number of amides is 1. The molecule has 2 bridgehead atoms. The molecule has 2 aliphatic heterocycles. The van der Waals surface area contributed by atoms with Crippen LogP contribution >= 0.6 is 24.2 Å². The molecule has 3 rings (SSSR count). The molecule has 2 fully saturated rings. The predicted molar refractivity (Wildman–Crippen MR) is 92.1 cm³/mol. The predicted octanol–water partition coefficient (Wildman–Crippen LogP) is 2.61. The Morgan fingerprint density at radius 3 is 2.77 bits per heavy atom. The number of thioether (sulfide) groups is 1. The van der Waals surface area contributed by atoms with Crippen molar-refractivity contribution >= 4 is 30.1 Å². The molecule has 2 heterocycles. The molecule has 1 amide bonds. The van der Waals surface area contributed by atoms with Crippen molar-refractivity contribution in [2.75, 3.05) is 12.9 Å². The number of benzene rings is 1. The van der Waals surface area contributed by atoms with E-state index >= 15 is 0 Å². The Labute approximate surface area is 142 Å². The topological polar surface area (TPSA) is 50.4 Å². The first-order valence-electron chi connectivity index (χ1n) is 7.55. The smallest absolute Gasteiger partial charge is 0.230 e.